The molecule has 3 aliphatic carbocycles. The first-order chi connectivity index (χ1) is 17.9. The van der Waals surface area contributed by atoms with Crippen LogP contribution >= 0.6 is 0 Å². The number of hydrogen-bond acceptors (Lipinski definition) is 10. The van der Waals surface area contributed by atoms with Crippen LogP contribution in [-0.4, -0.2) is 94.7 Å². The molecule has 202 valence electrons. The smallest absolute Gasteiger partial charge is 0.257 e. The first-order valence-electron chi connectivity index (χ1n) is 12.3. The van der Waals surface area contributed by atoms with Crippen LogP contribution in [0.15, 0.2) is 28.7 Å². The van der Waals surface area contributed by atoms with Crippen molar-refractivity contribution in [2.45, 2.75) is 24.9 Å². The summed E-state index contributed by atoms with van der Waals surface area (Å²) >= 11 is 0. The third-order valence-electron chi connectivity index (χ3n) is 8.05. The third kappa shape index (κ3) is 3.51. The lowest BCUT2D eigenvalue weighted by Gasteiger charge is -2.46. The Kier molecular flexibility index (Phi) is 5.99. The van der Waals surface area contributed by atoms with Gasteiger partial charge in [-0.15, -0.1) is 0 Å². The number of primary amides is 1. The minimum atomic E-state index is -2.64. The maximum atomic E-state index is 13.9. The van der Waals surface area contributed by atoms with Crippen LogP contribution in [-0.2, 0) is 20.7 Å². The van der Waals surface area contributed by atoms with E-state index in [-0.39, 0.29) is 36.0 Å². The second-order valence-corrected chi connectivity index (χ2v) is 10.4. The molecule has 1 saturated heterocycles. The Labute approximate surface area is 217 Å². The summed E-state index contributed by atoms with van der Waals surface area (Å²) in [5, 5.41) is 44.1. The second-order valence-electron chi connectivity index (χ2n) is 10.4. The van der Waals surface area contributed by atoms with Crippen molar-refractivity contribution in [1.82, 2.24) is 4.90 Å². The number of phenolic OH excluding ortho intramolecular Hbond substituents is 1. The number of aliphatic hydroxyl groups is 3. The largest absolute Gasteiger partial charge is 0.511 e. The summed E-state index contributed by atoms with van der Waals surface area (Å²) in [4.78, 5) is 55.4. The summed E-state index contributed by atoms with van der Waals surface area (Å²) in [7, 11) is 3.47. The Hall–Kier alpha value is -3.90. The molecule has 1 heterocycles. The van der Waals surface area contributed by atoms with E-state index in [0.717, 1.165) is 0 Å². The van der Waals surface area contributed by atoms with Crippen LogP contribution in [0.25, 0.3) is 0 Å². The van der Waals surface area contributed by atoms with Crippen LogP contribution in [0.1, 0.15) is 39.1 Å². The average molecular weight is 528 g/mol. The number of phenols is 1. The summed E-state index contributed by atoms with van der Waals surface area (Å²) in [5.74, 6) is -7.59. The Bertz CT molecular complexity index is 1360. The van der Waals surface area contributed by atoms with Crippen molar-refractivity contribution < 1.29 is 44.3 Å². The van der Waals surface area contributed by atoms with E-state index in [2.05, 4.69) is 0 Å². The highest BCUT2D eigenvalue weighted by atomic mass is 16.5. The first kappa shape index (κ1) is 25.7. The molecule has 4 aliphatic rings. The van der Waals surface area contributed by atoms with Gasteiger partial charge in [-0.3, -0.25) is 19.2 Å². The molecule has 2 amide bonds. The number of benzene rings is 1. The van der Waals surface area contributed by atoms with Crippen molar-refractivity contribution in [2.75, 3.05) is 45.3 Å². The van der Waals surface area contributed by atoms with Gasteiger partial charge in [0.05, 0.1) is 24.3 Å². The summed E-state index contributed by atoms with van der Waals surface area (Å²) in [5.41, 5.74) is 2.20. The molecule has 12 heteroatoms. The van der Waals surface area contributed by atoms with Gasteiger partial charge in [-0.2, -0.15) is 0 Å². The van der Waals surface area contributed by atoms with Gasteiger partial charge in [-0.1, -0.05) is 0 Å². The van der Waals surface area contributed by atoms with Crippen LogP contribution < -0.4 is 10.6 Å². The fourth-order valence-electron chi connectivity index (χ4n) is 6.17. The second kappa shape index (κ2) is 8.84. The van der Waals surface area contributed by atoms with E-state index in [1.165, 1.54) is 11.0 Å². The molecule has 0 spiro atoms. The lowest BCUT2D eigenvalue weighted by Crippen LogP contribution is -2.57. The zero-order chi connectivity index (χ0) is 27.7. The van der Waals surface area contributed by atoms with E-state index < -0.39 is 63.7 Å². The molecule has 2 unspecified atom stereocenters. The number of aromatic hydroxyl groups is 1. The summed E-state index contributed by atoms with van der Waals surface area (Å²) in [6.07, 6.45) is -0.110. The van der Waals surface area contributed by atoms with Crippen LogP contribution in [0.2, 0.25) is 0 Å². The number of Topliss-reactive ketones (excluding diaryl/α,β-unsaturated/α-hetero) is 2. The number of rotatable bonds is 3. The molecule has 0 radical (unpaired) electrons. The van der Waals surface area contributed by atoms with Crippen molar-refractivity contribution in [2.24, 2.45) is 17.6 Å². The van der Waals surface area contributed by atoms with Gasteiger partial charge in [0.25, 0.3) is 11.8 Å². The van der Waals surface area contributed by atoms with E-state index in [4.69, 9.17) is 10.5 Å². The number of morpholine rings is 1. The number of carbonyl (C=O) groups excluding carboxylic acids is 4. The maximum absolute atomic E-state index is 13.9. The fourth-order valence-corrected chi connectivity index (χ4v) is 6.17. The van der Waals surface area contributed by atoms with Crippen LogP contribution in [0.3, 0.4) is 0 Å². The molecule has 1 aromatic carbocycles. The van der Waals surface area contributed by atoms with E-state index in [1.54, 1.807) is 19.0 Å². The Morgan fingerprint density at radius 3 is 2.39 bits per heavy atom. The van der Waals surface area contributed by atoms with Crippen molar-refractivity contribution in [1.29, 1.82) is 0 Å². The number of ether oxygens (including phenoxy) is 1. The summed E-state index contributed by atoms with van der Waals surface area (Å²) < 4.78 is 5.30. The molecule has 0 saturated carbocycles. The number of nitrogens with two attached hydrogens (primary N) is 1. The molecule has 0 bridgehead atoms. The number of amides is 2. The minimum Gasteiger partial charge on any atom is -0.511 e. The molecular formula is C26H29N3O9. The number of allylic oxidation sites excluding steroid dienone is 2. The maximum Gasteiger partial charge on any atom is 0.257 e. The molecule has 6 N–H and O–H groups in total. The monoisotopic (exact) mass is 527 g/mol. The summed E-state index contributed by atoms with van der Waals surface area (Å²) in [6, 6.07) is 1.53. The van der Waals surface area contributed by atoms with E-state index in [0.29, 0.717) is 37.6 Å². The van der Waals surface area contributed by atoms with Crippen LogP contribution in [0.4, 0.5) is 5.69 Å². The van der Waals surface area contributed by atoms with Crippen LogP contribution in [0.5, 0.6) is 5.75 Å². The fraction of sp³-hybridized carbons (Fsp3) is 0.462. The molecule has 0 aromatic heterocycles. The number of nitrogens with zero attached hydrogens (tertiary/aromatic N) is 2. The highest BCUT2D eigenvalue weighted by Gasteiger charge is 2.59. The van der Waals surface area contributed by atoms with Gasteiger partial charge in [-0.05, 0) is 30.4 Å². The Morgan fingerprint density at radius 1 is 1.13 bits per heavy atom. The number of anilines is 1. The van der Waals surface area contributed by atoms with Crippen molar-refractivity contribution >= 4 is 29.1 Å². The third-order valence-corrected chi connectivity index (χ3v) is 8.05. The van der Waals surface area contributed by atoms with Gasteiger partial charge >= 0.3 is 0 Å². The van der Waals surface area contributed by atoms with Gasteiger partial charge in [0.15, 0.2) is 11.4 Å². The van der Waals surface area contributed by atoms with Gasteiger partial charge < -0.3 is 40.7 Å². The van der Waals surface area contributed by atoms with Gasteiger partial charge in [0.1, 0.15) is 22.8 Å². The lowest BCUT2D eigenvalue weighted by molar-refractivity contribution is -0.144. The van der Waals surface area contributed by atoms with E-state index in [9.17, 15) is 39.6 Å². The molecule has 3 atom stereocenters. The van der Waals surface area contributed by atoms with Crippen LogP contribution in [0, 0.1) is 11.8 Å². The lowest BCUT2D eigenvalue weighted by atomic mass is 9.60. The zero-order valence-electron chi connectivity index (χ0n) is 21.0. The average Bonchev–Trinajstić information content (AvgIpc) is 2.86. The van der Waals surface area contributed by atoms with E-state index >= 15 is 0 Å². The molecule has 12 nitrogen and oxygen atoms in total. The normalized spacial score (nSPS) is 27.1. The predicted molar refractivity (Wildman–Crippen MR) is 132 cm³/mol. The molecule has 5 rings (SSSR count). The van der Waals surface area contributed by atoms with E-state index in [1.807, 2.05) is 0 Å². The quantitative estimate of drug-likeness (QED) is 0.337. The molecule has 1 aliphatic heterocycles. The highest BCUT2D eigenvalue weighted by Crippen LogP contribution is 2.52. The van der Waals surface area contributed by atoms with Crippen molar-refractivity contribution in [3.05, 3.63) is 45.4 Å². The zero-order valence-corrected chi connectivity index (χ0v) is 21.0. The minimum absolute atomic E-state index is 0.0327. The molecule has 38 heavy (non-hydrogen) atoms. The Balaban J connectivity index is 1.67. The number of ketones is 2. The SMILES string of the molecule is CN(C)c1cc(C(=O)N2CCOCC2)c(O)c2c1CC1CC3CC(O)=C(C(N)=O)C(=O)[C@@]3(O)C(O)=C1C2=O. The number of carbonyl (C=O) groups is 4. The molecule has 1 fully saturated rings. The van der Waals surface area contributed by atoms with Gasteiger partial charge in [0.2, 0.25) is 5.78 Å². The standard InChI is InChI=1S/C26H29N3O9/c1-28(2)15-10-14(25(36)29-3-5-38-6-4-29)20(31)18-13(15)8-11-7-12-9-16(30)19(24(27)35)23(34)26(12,37)22(33)17(11)21(18)32/h10-12,30-31,33,37H,3-9H2,1-2H3,(H2,27,35)/t11?,12?,26-/m0/s1. The molecular weight excluding hydrogens is 498 g/mol. The predicted octanol–water partition coefficient (Wildman–Crippen LogP) is 0.119. The first-order valence-corrected chi connectivity index (χ1v) is 12.3. The number of fused-ring (bicyclic) bond motifs is 3. The van der Waals surface area contributed by atoms with Crippen molar-refractivity contribution in [3.63, 3.8) is 0 Å². The van der Waals surface area contributed by atoms with Gasteiger partial charge in [-0.25, -0.2) is 0 Å². The van der Waals surface area contributed by atoms with Crippen molar-refractivity contribution in [3.8, 4) is 5.75 Å². The summed E-state index contributed by atoms with van der Waals surface area (Å²) in [6.45, 7) is 1.30. The number of aliphatic hydroxyl groups excluding tert-OH is 2. The number of hydrogen-bond donors (Lipinski definition) is 5. The highest BCUT2D eigenvalue weighted by molar-refractivity contribution is 6.24. The Morgan fingerprint density at radius 2 is 1.79 bits per heavy atom. The topological polar surface area (TPSA) is 191 Å². The van der Waals surface area contributed by atoms with Gasteiger partial charge in [0, 0.05) is 50.8 Å². The molecule has 1 aromatic rings.